The predicted molar refractivity (Wildman–Crippen MR) is 69.5 cm³/mol. The van der Waals surface area contributed by atoms with Crippen molar-refractivity contribution in [3.05, 3.63) is 59.4 Å². The van der Waals surface area contributed by atoms with Gasteiger partial charge in [0.25, 0.3) is 0 Å². The second kappa shape index (κ2) is 5.33. The van der Waals surface area contributed by atoms with Crippen molar-refractivity contribution in [1.82, 2.24) is 0 Å². The molecule has 0 saturated carbocycles. The molecule has 0 heterocycles. The number of hydrogen-bond donors (Lipinski definition) is 0. The number of benzene rings is 2. The fourth-order valence-electron chi connectivity index (χ4n) is 1.83. The average molecular weight is 333 g/mol. The molecular formula is C14H9BrF4. The van der Waals surface area contributed by atoms with Crippen LogP contribution in [0, 0.1) is 5.82 Å². The first kappa shape index (κ1) is 14.1. The van der Waals surface area contributed by atoms with E-state index in [9.17, 15) is 17.6 Å². The molecule has 0 saturated heterocycles. The summed E-state index contributed by atoms with van der Waals surface area (Å²) in [5.41, 5.74) is 0.710. The standard InChI is InChI=1S/C14H9BrF4/c15-8-10-2-1-3-12(16)13(10)9-4-6-11(7-5-9)14(17,18)19/h1-7H,8H2. The highest BCUT2D eigenvalue weighted by Crippen LogP contribution is 2.33. The zero-order chi connectivity index (χ0) is 14.0. The number of rotatable bonds is 2. The van der Waals surface area contributed by atoms with E-state index in [-0.39, 0.29) is 0 Å². The first-order valence-corrected chi connectivity index (χ1v) is 6.56. The highest BCUT2D eigenvalue weighted by molar-refractivity contribution is 9.08. The maximum atomic E-state index is 13.8. The molecule has 0 aromatic heterocycles. The van der Waals surface area contributed by atoms with E-state index in [1.165, 1.54) is 18.2 Å². The molecule has 19 heavy (non-hydrogen) atoms. The van der Waals surface area contributed by atoms with E-state index in [0.717, 1.165) is 12.1 Å². The molecule has 0 N–H and O–H groups in total. The maximum absolute atomic E-state index is 13.8. The summed E-state index contributed by atoms with van der Waals surface area (Å²) in [5, 5.41) is 0.432. The van der Waals surface area contributed by atoms with Gasteiger partial charge in [0.15, 0.2) is 0 Å². The third-order valence-corrected chi connectivity index (χ3v) is 3.35. The van der Waals surface area contributed by atoms with Gasteiger partial charge in [0.1, 0.15) is 5.82 Å². The van der Waals surface area contributed by atoms with E-state index in [1.54, 1.807) is 12.1 Å². The van der Waals surface area contributed by atoms with Gasteiger partial charge in [0, 0.05) is 10.9 Å². The molecular weight excluding hydrogens is 324 g/mol. The largest absolute Gasteiger partial charge is 0.416 e. The summed E-state index contributed by atoms with van der Waals surface area (Å²) in [4.78, 5) is 0. The minimum atomic E-state index is -4.38. The van der Waals surface area contributed by atoms with Crippen LogP contribution in [-0.2, 0) is 11.5 Å². The quantitative estimate of drug-likeness (QED) is 0.509. The van der Waals surface area contributed by atoms with Crippen molar-refractivity contribution >= 4 is 15.9 Å². The molecule has 0 aliphatic heterocycles. The van der Waals surface area contributed by atoms with Gasteiger partial charge >= 0.3 is 6.18 Å². The molecule has 100 valence electrons. The highest BCUT2D eigenvalue weighted by atomic mass is 79.9. The molecule has 0 atom stereocenters. The molecule has 0 amide bonds. The van der Waals surface area contributed by atoms with Crippen molar-refractivity contribution in [2.45, 2.75) is 11.5 Å². The lowest BCUT2D eigenvalue weighted by molar-refractivity contribution is -0.137. The van der Waals surface area contributed by atoms with Gasteiger partial charge in [-0.25, -0.2) is 4.39 Å². The lowest BCUT2D eigenvalue weighted by Gasteiger charge is -2.11. The molecule has 0 nitrogen and oxygen atoms in total. The monoisotopic (exact) mass is 332 g/mol. The second-order valence-corrected chi connectivity index (χ2v) is 4.54. The van der Waals surface area contributed by atoms with Crippen molar-refractivity contribution < 1.29 is 17.6 Å². The smallest absolute Gasteiger partial charge is 0.206 e. The normalized spacial score (nSPS) is 11.6. The van der Waals surface area contributed by atoms with Gasteiger partial charge in [-0.1, -0.05) is 40.2 Å². The highest BCUT2D eigenvalue weighted by Gasteiger charge is 2.30. The third kappa shape index (κ3) is 2.97. The van der Waals surface area contributed by atoms with Gasteiger partial charge in [0.05, 0.1) is 5.56 Å². The van der Waals surface area contributed by atoms with Gasteiger partial charge in [-0.05, 0) is 29.3 Å². The molecule has 0 unspecified atom stereocenters. The topological polar surface area (TPSA) is 0 Å². The number of alkyl halides is 4. The van der Waals surface area contributed by atoms with E-state index in [1.807, 2.05) is 0 Å². The van der Waals surface area contributed by atoms with E-state index in [0.29, 0.717) is 22.0 Å². The van der Waals surface area contributed by atoms with E-state index in [4.69, 9.17) is 0 Å². The van der Waals surface area contributed by atoms with Gasteiger partial charge in [-0.3, -0.25) is 0 Å². The van der Waals surface area contributed by atoms with Crippen LogP contribution in [0.2, 0.25) is 0 Å². The van der Waals surface area contributed by atoms with Crippen molar-refractivity contribution in [1.29, 1.82) is 0 Å². The van der Waals surface area contributed by atoms with Gasteiger partial charge in [-0.15, -0.1) is 0 Å². The van der Waals surface area contributed by atoms with Crippen LogP contribution in [-0.4, -0.2) is 0 Å². The molecule has 0 aliphatic carbocycles. The zero-order valence-electron chi connectivity index (χ0n) is 9.64. The van der Waals surface area contributed by atoms with Gasteiger partial charge in [-0.2, -0.15) is 13.2 Å². The molecule has 2 aromatic carbocycles. The Bertz CT molecular complexity index is 573. The summed E-state index contributed by atoms with van der Waals surface area (Å²) in [6, 6.07) is 9.07. The Morgan fingerprint density at radius 3 is 2.11 bits per heavy atom. The summed E-state index contributed by atoms with van der Waals surface area (Å²) >= 11 is 3.24. The van der Waals surface area contributed by atoms with Crippen molar-refractivity contribution in [3.63, 3.8) is 0 Å². The average Bonchev–Trinajstić information content (AvgIpc) is 2.37. The summed E-state index contributed by atoms with van der Waals surface area (Å²) in [6.45, 7) is 0. The number of hydrogen-bond acceptors (Lipinski definition) is 0. The SMILES string of the molecule is Fc1cccc(CBr)c1-c1ccc(C(F)(F)F)cc1. The fourth-order valence-corrected chi connectivity index (χ4v) is 2.30. The Hall–Kier alpha value is -1.36. The van der Waals surface area contributed by atoms with E-state index < -0.39 is 17.6 Å². The minimum absolute atomic E-state index is 0.327. The predicted octanol–water partition coefficient (Wildman–Crippen LogP) is 5.41. The van der Waals surface area contributed by atoms with Crippen LogP contribution >= 0.6 is 15.9 Å². The third-order valence-electron chi connectivity index (χ3n) is 2.74. The molecule has 0 radical (unpaired) electrons. The second-order valence-electron chi connectivity index (χ2n) is 3.98. The van der Waals surface area contributed by atoms with Crippen LogP contribution in [0.1, 0.15) is 11.1 Å². The van der Waals surface area contributed by atoms with Crippen molar-refractivity contribution in [3.8, 4) is 11.1 Å². The molecule has 2 aromatic rings. The van der Waals surface area contributed by atoms with Crippen molar-refractivity contribution in [2.24, 2.45) is 0 Å². The minimum Gasteiger partial charge on any atom is -0.206 e. The molecule has 0 aliphatic rings. The Kier molecular flexibility index (Phi) is 3.94. The summed E-state index contributed by atoms with van der Waals surface area (Å²) in [7, 11) is 0. The zero-order valence-corrected chi connectivity index (χ0v) is 11.2. The van der Waals surface area contributed by atoms with Gasteiger partial charge in [0.2, 0.25) is 0 Å². The van der Waals surface area contributed by atoms with Crippen LogP contribution in [0.25, 0.3) is 11.1 Å². The van der Waals surface area contributed by atoms with Crippen LogP contribution < -0.4 is 0 Å². The van der Waals surface area contributed by atoms with Gasteiger partial charge < -0.3 is 0 Å². The van der Waals surface area contributed by atoms with E-state index in [2.05, 4.69) is 15.9 Å². The van der Waals surface area contributed by atoms with E-state index >= 15 is 0 Å². The fraction of sp³-hybridized carbons (Fsp3) is 0.143. The summed E-state index contributed by atoms with van der Waals surface area (Å²) in [5.74, 6) is -0.447. The Morgan fingerprint density at radius 1 is 0.947 bits per heavy atom. The van der Waals surface area contributed by atoms with Crippen LogP contribution in [0.15, 0.2) is 42.5 Å². The summed E-state index contributed by atoms with van der Waals surface area (Å²) in [6.07, 6.45) is -4.38. The molecule has 0 bridgehead atoms. The van der Waals surface area contributed by atoms with Crippen LogP contribution in [0.3, 0.4) is 0 Å². The lowest BCUT2D eigenvalue weighted by atomic mass is 9.99. The molecule has 2 rings (SSSR count). The molecule has 5 heteroatoms. The Balaban J connectivity index is 2.49. The van der Waals surface area contributed by atoms with Crippen LogP contribution in [0.4, 0.5) is 17.6 Å². The Labute approximate surface area is 116 Å². The maximum Gasteiger partial charge on any atom is 0.416 e. The van der Waals surface area contributed by atoms with Crippen LogP contribution in [0.5, 0.6) is 0 Å². The molecule has 0 spiro atoms. The first-order valence-electron chi connectivity index (χ1n) is 5.44. The summed E-state index contributed by atoms with van der Waals surface area (Å²) < 4.78 is 51.2. The molecule has 0 fully saturated rings. The first-order chi connectivity index (χ1) is 8.93. The Morgan fingerprint density at radius 2 is 1.58 bits per heavy atom. The number of halogens is 5. The lowest BCUT2D eigenvalue weighted by Crippen LogP contribution is -2.04. The van der Waals surface area contributed by atoms with Crippen molar-refractivity contribution in [2.75, 3.05) is 0 Å².